The number of anilines is 2. The molecule has 6 nitrogen and oxygen atoms in total. The third-order valence-corrected chi connectivity index (χ3v) is 4.44. The molecule has 0 saturated carbocycles. The second kappa shape index (κ2) is 7.16. The van der Waals surface area contributed by atoms with Gasteiger partial charge in [-0.1, -0.05) is 17.7 Å². The van der Waals surface area contributed by atoms with Gasteiger partial charge in [0.15, 0.2) is 0 Å². The summed E-state index contributed by atoms with van der Waals surface area (Å²) in [6.45, 7) is 0. The number of alkyl halides is 3. The molecule has 0 aromatic heterocycles. The zero-order valence-electron chi connectivity index (χ0n) is 14.0. The summed E-state index contributed by atoms with van der Waals surface area (Å²) in [6.07, 6.45) is -4.96. The molecule has 0 radical (unpaired) electrons. The summed E-state index contributed by atoms with van der Waals surface area (Å²) in [5.74, 6) is -2.53. The normalized spacial score (nSPS) is 17.1. The Kier molecular flexibility index (Phi) is 5.03. The molecule has 1 unspecified atom stereocenters. The van der Waals surface area contributed by atoms with Gasteiger partial charge in [-0.15, -0.1) is 0 Å². The fourth-order valence-corrected chi connectivity index (χ4v) is 3.05. The summed E-state index contributed by atoms with van der Waals surface area (Å²) in [4.78, 5) is 36.7. The molecule has 1 fully saturated rings. The molecule has 2 N–H and O–H groups in total. The van der Waals surface area contributed by atoms with E-state index in [-0.39, 0.29) is 23.4 Å². The van der Waals surface area contributed by atoms with Crippen LogP contribution in [-0.4, -0.2) is 28.9 Å². The number of halogens is 4. The van der Waals surface area contributed by atoms with Crippen molar-refractivity contribution in [1.82, 2.24) is 0 Å². The van der Waals surface area contributed by atoms with Crippen molar-refractivity contribution >= 4 is 40.8 Å². The van der Waals surface area contributed by atoms with Crippen LogP contribution in [0.1, 0.15) is 22.3 Å². The quantitative estimate of drug-likeness (QED) is 0.746. The number of nitrogens with one attached hydrogen (secondary N) is 1. The lowest BCUT2D eigenvalue weighted by Gasteiger charge is -2.17. The van der Waals surface area contributed by atoms with Gasteiger partial charge in [0, 0.05) is 5.69 Å². The first-order valence-electron chi connectivity index (χ1n) is 7.91. The smallest absolute Gasteiger partial charge is 0.417 e. The van der Waals surface area contributed by atoms with E-state index >= 15 is 0 Å². The maximum Gasteiger partial charge on any atom is 0.417 e. The topological polar surface area (TPSA) is 86.7 Å². The summed E-state index contributed by atoms with van der Waals surface area (Å²) in [7, 11) is 0. The van der Waals surface area contributed by atoms with Crippen molar-refractivity contribution in [3.8, 4) is 0 Å². The number of nitrogens with zero attached hydrogens (tertiary/aromatic N) is 1. The van der Waals surface area contributed by atoms with Crippen molar-refractivity contribution in [1.29, 1.82) is 0 Å². The Balaban J connectivity index is 1.85. The van der Waals surface area contributed by atoms with E-state index in [0.29, 0.717) is 0 Å². The van der Waals surface area contributed by atoms with Gasteiger partial charge in [0.2, 0.25) is 5.91 Å². The van der Waals surface area contributed by atoms with Gasteiger partial charge in [-0.3, -0.25) is 9.59 Å². The lowest BCUT2D eigenvalue weighted by Crippen LogP contribution is -2.35. The van der Waals surface area contributed by atoms with Crippen molar-refractivity contribution < 1.29 is 32.7 Å². The number of benzene rings is 2. The van der Waals surface area contributed by atoms with Crippen molar-refractivity contribution in [3.63, 3.8) is 0 Å². The van der Waals surface area contributed by atoms with Crippen molar-refractivity contribution in [2.24, 2.45) is 0 Å². The van der Waals surface area contributed by atoms with Crippen LogP contribution in [-0.2, 0) is 15.8 Å². The van der Waals surface area contributed by atoms with E-state index in [1.807, 2.05) is 0 Å². The molecule has 0 aliphatic carbocycles. The number of amides is 2. The summed E-state index contributed by atoms with van der Waals surface area (Å²) in [5.41, 5.74) is -1.13. The molecule has 28 heavy (non-hydrogen) atoms. The summed E-state index contributed by atoms with van der Waals surface area (Å²) >= 11 is 5.57. The highest BCUT2D eigenvalue weighted by molar-refractivity contribution is 6.31. The number of rotatable bonds is 4. The Morgan fingerprint density at radius 2 is 1.89 bits per heavy atom. The first-order chi connectivity index (χ1) is 13.1. The van der Waals surface area contributed by atoms with Gasteiger partial charge in [-0.2, -0.15) is 13.2 Å². The van der Waals surface area contributed by atoms with Crippen LogP contribution in [0, 0.1) is 0 Å². The van der Waals surface area contributed by atoms with Gasteiger partial charge in [-0.05, 0) is 36.4 Å². The molecule has 2 aromatic rings. The molecule has 10 heteroatoms. The highest BCUT2D eigenvalue weighted by Gasteiger charge is 2.40. The maximum atomic E-state index is 13.0. The number of carbonyl (C=O) groups is 3. The molecule has 1 saturated heterocycles. The standard InChI is InChI=1S/C18H12ClF3N2O4/c19-13-5-4-10(7-12(13)18(20,21)22)23-14-8-15(25)24(16(14)26)11-3-1-2-9(6-11)17(27)28/h1-7,14,23H,8H2,(H,27,28). The van der Waals surface area contributed by atoms with Crippen LogP contribution in [0.15, 0.2) is 42.5 Å². The third-order valence-electron chi connectivity index (χ3n) is 4.11. The van der Waals surface area contributed by atoms with Crippen molar-refractivity contribution in [2.75, 3.05) is 10.2 Å². The van der Waals surface area contributed by atoms with Crippen LogP contribution in [0.4, 0.5) is 24.5 Å². The summed E-state index contributed by atoms with van der Waals surface area (Å²) in [5, 5.41) is 11.2. The third kappa shape index (κ3) is 3.79. The number of imide groups is 1. The number of carbonyl (C=O) groups excluding carboxylic acids is 2. The van der Waals surface area contributed by atoms with Gasteiger partial charge in [0.25, 0.3) is 5.91 Å². The maximum absolute atomic E-state index is 13.0. The Morgan fingerprint density at radius 1 is 1.18 bits per heavy atom. The summed E-state index contributed by atoms with van der Waals surface area (Å²) < 4.78 is 38.9. The predicted octanol–water partition coefficient (Wildman–Crippen LogP) is 3.80. The van der Waals surface area contributed by atoms with E-state index in [2.05, 4.69) is 5.32 Å². The van der Waals surface area contributed by atoms with Crippen molar-refractivity contribution in [2.45, 2.75) is 18.6 Å². The number of hydrogen-bond acceptors (Lipinski definition) is 4. The predicted molar refractivity (Wildman–Crippen MR) is 94.4 cm³/mol. The number of carboxylic acid groups (broad SMARTS) is 1. The Labute approximate surface area is 161 Å². The monoisotopic (exact) mass is 412 g/mol. The van der Waals surface area contributed by atoms with Crippen LogP contribution in [0.5, 0.6) is 0 Å². The average molecular weight is 413 g/mol. The zero-order chi connectivity index (χ0) is 20.6. The van der Waals surface area contributed by atoms with Gasteiger partial charge < -0.3 is 10.4 Å². The molecule has 2 amide bonds. The minimum atomic E-state index is -4.67. The minimum absolute atomic E-state index is 0.0241. The largest absolute Gasteiger partial charge is 0.478 e. The minimum Gasteiger partial charge on any atom is -0.478 e. The Hall–Kier alpha value is -3.07. The van der Waals surface area contributed by atoms with Crippen LogP contribution < -0.4 is 10.2 Å². The summed E-state index contributed by atoms with van der Waals surface area (Å²) in [6, 6.07) is 7.23. The van der Waals surface area contributed by atoms with E-state index in [1.54, 1.807) is 0 Å². The first-order valence-corrected chi connectivity index (χ1v) is 8.29. The SMILES string of the molecule is O=C(O)c1cccc(N2C(=O)CC(Nc3ccc(Cl)c(C(F)(F)F)c3)C2=O)c1. The van der Waals surface area contributed by atoms with Crippen LogP contribution in [0.25, 0.3) is 0 Å². The van der Waals surface area contributed by atoms with Crippen molar-refractivity contribution in [3.05, 3.63) is 58.6 Å². The van der Waals surface area contributed by atoms with E-state index in [9.17, 15) is 27.6 Å². The molecule has 3 rings (SSSR count). The Bertz CT molecular complexity index is 978. The lowest BCUT2D eigenvalue weighted by molar-refractivity contribution is -0.137. The fourth-order valence-electron chi connectivity index (χ4n) is 2.83. The molecular formula is C18H12ClF3N2O4. The van der Waals surface area contributed by atoms with Crippen LogP contribution >= 0.6 is 11.6 Å². The molecule has 0 bridgehead atoms. The number of carboxylic acids is 1. The molecule has 146 valence electrons. The van der Waals surface area contributed by atoms with Gasteiger partial charge >= 0.3 is 12.1 Å². The highest BCUT2D eigenvalue weighted by atomic mass is 35.5. The highest BCUT2D eigenvalue weighted by Crippen LogP contribution is 2.36. The fraction of sp³-hybridized carbons (Fsp3) is 0.167. The number of hydrogen-bond donors (Lipinski definition) is 2. The molecule has 2 aromatic carbocycles. The van der Waals surface area contributed by atoms with Gasteiger partial charge in [-0.25, -0.2) is 9.69 Å². The molecule has 1 aliphatic heterocycles. The van der Waals surface area contributed by atoms with E-state index in [4.69, 9.17) is 16.7 Å². The second-order valence-electron chi connectivity index (χ2n) is 6.02. The van der Waals surface area contributed by atoms with E-state index in [0.717, 1.165) is 17.0 Å². The average Bonchev–Trinajstić information content (AvgIpc) is 2.89. The molecular weight excluding hydrogens is 401 g/mol. The van der Waals surface area contributed by atoms with Crippen LogP contribution in [0.3, 0.4) is 0 Å². The molecule has 0 spiro atoms. The second-order valence-corrected chi connectivity index (χ2v) is 6.42. The molecule has 1 aliphatic rings. The first kappa shape index (κ1) is 19.7. The van der Waals surface area contributed by atoms with E-state index in [1.165, 1.54) is 30.3 Å². The van der Waals surface area contributed by atoms with Gasteiger partial charge in [0.05, 0.1) is 28.3 Å². The number of aromatic carboxylic acids is 1. The lowest BCUT2D eigenvalue weighted by atomic mass is 10.1. The van der Waals surface area contributed by atoms with Crippen LogP contribution in [0.2, 0.25) is 5.02 Å². The molecule has 1 atom stereocenters. The Morgan fingerprint density at radius 3 is 2.54 bits per heavy atom. The zero-order valence-corrected chi connectivity index (χ0v) is 14.7. The van der Waals surface area contributed by atoms with E-state index < -0.39 is 40.6 Å². The molecule has 1 heterocycles. The van der Waals surface area contributed by atoms with Gasteiger partial charge in [0.1, 0.15) is 6.04 Å².